The van der Waals surface area contributed by atoms with Gasteiger partial charge in [-0.05, 0) is 17.7 Å². The molecule has 0 saturated carbocycles. The number of benzene rings is 1. The molecule has 0 aliphatic heterocycles. The van der Waals surface area contributed by atoms with Crippen molar-refractivity contribution in [1.82, 2.24) is 5.32 Å². The Hall–Kier alpha value is -0.840. The van der Waals surface area contributed by atoms with Crippen LogP contribution in [0.3, 0.4) is 0 Å². The predicted molar refractivity (Wildman–Crippen MR) is 71.8 cm³/mol. The minimum Gasteiger partial charge on any atom is -0.387 e. The summed E-state index contributed by atoms with van der Waals surface area (Å²) in [5, 5.41) is 12.9. The highest BCUT2D eigenvalue weighted by Gasteiger charge is 2.07. The van der Waals surface area contributed by atoms with E-state index in [0.717, 1.165) is 18.1 Å². The summed E-state index contributed by atoms with van der Waals surface area (Å²) in [6.45, 7) is 4.90. The van der Waals surface area contributed by atoms with Crippen molar-refractivity contribution in [3.63, 3.8) is 0 Å². The van der Waals surface area contributed by atoms with Crippen molar-refractivity contribution in [2.24, 2.45) is 0 Å². The summed E-state index contributed by atoms with van der Waals surface area (Å²) in [6, 6.07) is 6.06. The molecule has 0 amide bonds. The highest BCUT2D eigenvalue weighted by atomic mass is 32.2. The number of nitrogens with one attached hydrogen (secondary N) is 1. The second-order valence-corrected chi connectivity index (χ2v) is 4.79. The lowest BCUT2D eigenvalue weighted by molar-refractivity contribution is 0.175. The Morgan fingerprint density at radius 1 is 1.53 bits per heavy atom. The van der Waals surface area contributed by atoms with Crippen LogP contribution in [0, 0.1) is 5.82 Å². The van der Waals surface area contributed by atoms with Crippen molar-refractivity contribution in [3.8, 4) is 0 Å². The minimum absolute atomic E-state index is 0.317. The Morgan fingerprint density at radius 3 is 3.06 bits per heavy atom. The average molecular weight is 255 g/mol. The molecule has 94 valence electrons. The summed E-state index contributed by atoms with van der Waals surface area (Å²) in [5.41, 5.74) is 0.608. The van der Waals surface area contributed by atoms with Crippen molar-refractivity contribution >= 4 is 11.8 Å². The van der Waals surface area contributed by atoms with Crippen molar-refractivity contribution in [2.45, 2.75) is 6.10 Å². The summed E-state index contributed by atoms with van der Waals surface area (Å²) in [7, 11) is 0. The normalized spacial score (nSPS) is 12.4. The number of aliphatic hydroxyl groups is 1. The Bertz CT molecular complexity index is 346. The van der Waals surface area contributed by atoms with Crippen LogP contribution in [-0.2, 0) is 0 Å². The fourth-order valence-electron chi connectivity index (χ4n) is 1.38. The first-order chi connectivity index (χ1) is 8.24. The monoisotopic (exact) mass is 255 g/mol. The van der Waals surface area contributed by atoms with E-state index < -0.39 is 6.10 Å². The Kier molecular flexibility index (Phi) is 6.93. The van der Waals surface area contributed by atoms with Gasteiger partial charge < -0.3 is 10.4 Å². The van der Waals surface area contributed by atoms with Crippen molar-refractivity contribution in [1.29, 1.82) is 0 Å². The van der Waals surface area contributed by atoms with Gasteiger partial charge in [-0.3, -0.25) is 0 Å². The van der Waals surface area contributed by atoms with Crippen molar-refractivity contribution in [3.05, 3.63) is 48.3 Å². The van der Waals surface area contributed by atoms with Crippen molar-refractivity contribution in [2.75, 3.05) is 24.6 Å². The smallest absolute Gasteiger partial charge is 0.123 e. The summed E-state index contributed by atoms with van der Waals surface area (Å²) in [4.78, 5) is 0. The van der Waals surface area contributed by atoms with E-state index in [2.05, 4.69) is 11.9 Å². The van der Waals surface area contributed by atoms with Gasteiger partial charge in [0.25, 0.3) is 0 Å². The molecule has 0 saturated heterocycles. The van der Waals surface area contributed by atoms with Gasteiger partial charge in [-0.1, -0.05) is 18.2 Å². The van der Waals surface area contributed by atoms with Crippen molar-refractivity contribution < 1.29 is 9.50 Å². The molecule has 1 aromatic carbocycles. The third-order valence-corrected chi connectivity index (χ3v) is 3.19. The molecule has 1 atom stereocenters. The highest BCUT2D eigenvalue weighted by Crippen LogP contribution is 2.12. The Balaban J connectivity index is 2.21. The molecule has 1 unspecified atom stereocenters. The van der Waals surface area contributed by atoms with Gasteiger partial charge in [0, 0.05) is 24.6 Å². The molecule has 0 radical (unpaired) electrons. The summed E-state index contributed by atoms with van der Waals surface area (Å²) < 4.78 is 12.9. The van der Waals surface area contributed by atoms with Gasteiger partial charge in [0.2, 0.25) is 0 Å². The van der Waals surface area contributed by atoms with Crippen LogP contribution in [0.1, 0.15) is 11.7 Å². The molecule has 2 nitrogen and oxygen atoms in total. The summed E-state index contributed by atoms with van der Waals surface area (Å²) >= 11 is 1.78. The van der Waals surface area contributed by atoms with E-state index in [-0.39, 0.29) is 5.82 Å². The van der Waals surface area contributed by atoms with Crippen LogP contribution in [0.4, 0.5) is 4.39 Å². The lowest BCUT2D eigenvalue weighted by Gasteiger charge is -2.12. The summed E-state index contributed by atoms with van der Waals surface area (Å²) in [5.74, 6) is 1.60. The van der Waals surface area contributed by atoms with Crippen LogP contribution in [0.5, 0.6) is 0 Å². The molecule has 1 aromatic rings. The van der Waals surface area contributed by atoms with E-state index in [1.54, 1.807) is 23.9 Å². The van der Waals surface area contributed by atoms with E-state index in [9.17, 15) is 9.50 Å². The van der Waals surface area contributed by atoms with Gasteiger partial charge in [-0.15, -0.1) is 6.58 Å². The Morgan fingerprint density at radius 2 is 2.35 bits per heavy atom. The zero-order valence-corrected chi connectivity index (χ0v) is 10.5. The first-order valence-electron chi connectivity index (χ1n) is 5.57. The fourth-order valence-corrected chi connectivity index (χ4v) is 2.00. The van der Waals surface area contributed by atoms with Gasteiger partial charge in [0.05, 0.1) is 6.10 Å². The number of rotatable bonds is 8. The molecule has 0 bridgehead atoms. The number of aliphatic hydroxyl groups excluding tert-OH is 1. The quantitative estimate of drug-likeness (QED) is 0.552. The molecule has 0 heterocycles. The first kappa shape index (κ1) is 14.2. The maximum absolute atomic E-state index is 12.9. The third kappa shape index (κ3) is 5.86. The van der Waals surface area contributed by atoms with Gasteiger partial charge in [-0.25, -0.2) is 4.39 Å². The molecule has 1 rings (SSSR count). The SMILES string of the molecule is C=CCSCCNCC(O)c1cccc(F)c1. The van der Waals surface area contributed by atoms with E-state index in [4.69, 9.17) is 0 Å². The minimum atomic E-state index is -0.657. The van der Waals surface area contributed by atoms with E-state index in [1.165, 1.54) is 12.1 Å². The molecule has 17 heavy (non-hydrogen) atoms. The molecule has 0 spiro atoms. The number of halogens is 1. The summed E-state index contributed by atoms with van der Waals surface area (Å²) in [6.07, 6.45) is 1.21. The van der Waals surface area contributed by atoms with Gasteiger partial charge in [0.1, 0.15) is 5.82 Å². The predicted octanol–water partition coefficient (Wildman–Crippen LogP) is 2.37. The topological polar surface area (TPSA) is 32.3 Å². The zero-order chi connectivity index (χ0) is 12.5. The van der Waals surface area contributed by atoms with Gasteiger partial charge in [-0.2, -0.15) is 11.8 Å². The van der Waals surface area contributed by atoms with Crippen LogP contribution < -0.4 is 5.32 Å². The first-order valence-corrected chi connectivity index (χ1v) is 6.72. The van der Waals surface area contributed by atoms with Crippen LogP contribution in [0.25, 0.3) is 0 Å². The zero-order valence-electron chi connectivity index (χ0n) is 9.73. The lowest BCUT2D eigenvalue weighted by Crippen LogP contribution is -2.23. The van der Waals surface area contributed by atoms with Crippen LogP contribution in [0.2, 0.25) is 0 Å². The van der Waals surface area contributed by atoms with E-state index in [0.29, 0.717) is 12.1 Å². The average Bonchev–Trinajstić information content (AvgIpc) is 2.33. The third-order valence-electron chi connectivity index (χ3n) is 2.23. The molecule has 0 aliphatic carbocycles. The molecule has 0 aromatic heterocycles. The van der Waals surface area contributed by atoms with E-state index in [1.807, 2.05) is 6.08 Å². The fraction of sp³-hybridized carbons (Fsp3) is 0.385. The molecule has 4 heteroatoms. The molecular formula is C13H18FNOS. The van der Waals surface area contributed by atoms with Crippen LogP contribution in [-0.4, -0.2) is 29.7 Å². The lowest BCUT2D eigenvalue weighted by atomic mass is 10.1. The number of hydrogen-bond acceptors (Lipinski definition) is 3. The maximum Gasteiger partial charge on any atom is 0.123 e. The maximum atomic E-state index is 12.9. The van der Waals surface area contributed by atoms with Crippen LogP contribution >= 0.6 is 11.8 Å². The molecule has 0 fully saturated rings. The van der Waals surface area contributed by atoms with E-state index >= 15 is 0 Å². The van der Waals surface area contributed by atoms with Crippen LogP contribution in [0.15, 0.2) is 36.9 Å². The number of thioether (sulfide) groups is 1. The Labute approximate surface area is 106 Å². The second kappa shape index (κ2) is 8.28. The highest BCUT2D eigenvalue weighted by molar-refractivity contribution is 7.99. The van der Waals surface area contributed by atoms with Gasteiger partial charge in [0.15, 0.2) is 0 Å². The largest absolute Gasteiger partial charge is 0.387 e. The number of hydrogen-bond donors (Lipinski definition) is 2. The molecular weight excluding hydrogens is 237 g/mol. The molecule has 2 N–H and O–H groups in total. The second-order valence-electron chi connectivity index (χ2n) is 3.64. The standard InChI is InChI=1S/C13H18FNOS/c1-2-7-17-8-6-15-10-13(16)11-4-3-5-12(14)9-11/h2-5,9,13,15-16H,1,6-8,10H2. The van der Waals surface area contributed by atoms with Gasteiger partial charge >= 0.3 is 0 Å². The molecule has 0 aliphatic rings.